The second kappa shape index (κ2) is 8.24. The van der Waals surface area contributed by atoms with E-state index in [0.29, 0.717) is 17.9 Å². The monoisotopic (exact) mass is 416 g/mol. The topological polar surface area (TPSA) is 45.1 Å². The van der Waals surface area contributed by atoms with Crippen molar-refractivity contribution in [2.75, 3.05) is 26.2 Å². The third-order valence-electron chi connectivity index (χ3n) is 10.1. The molecule has 4 rings (SSSR count). The Bertz CT molecular complexity index is 695. The highest BCUT2D eigenvalue weighted by Crippen LogP contribution is 2.67. The maximum Gasteiger partial charge on any atom is 0.129 e. The first-order valence-corrected chi connectivity index (χ1v) is 12.6. The van der Waals surface area contributed by atoms with Crippen molar-refractivity contribution in [1.29, 1.82) is 0 Å². The lowest BCUT2D eigenvalue weighted by atomic mass is 9.46. The normalized spacial score (nSPS) is 44.4. The molecule has 0 aromatic carbocycles. The zero-order valence-electron chi connectivity index (χ0n) is 20.0. The molecule has 4 nitrogen and oxygen atoms in total. The summed E-state index contributed by atoms with van der Waals surface area (Å²) >= 11 is 0. The third-order valence-corrected chi connectivity index (χ3v) is 10.1. The van der Waals surface area contributed by atoms with Crippen LogP contribution < -0.4 is 0 Å². The predicted molar refractivity (Wildman–Crippen MR) is 124 cm³/mol. The molecule has 170 valence electrons. The van der Waals surface area contributed by atoms with Gasteiger partial charge in [0.1, 0.15) is 6.61 Å². The summed E-state index contributed by atoms with van der Waals surface area (Å²) in [5, 5.41) is 15.6. The fraction of sp³-hybridized carbons (Fsp3) is 0.885. The molecule has 3 fully saturated rings. The maximum atomic E-state index is 11.1. The molecule has 0 saturated heterocycles. The van der Waals surface area contributed by atoms with Crippen LogP contribution in [-0.2, 0) is 4.84 Å². The Hall–Kier alpha value is -0.870. The van der Waals surface area contributed by atoms with E-state index in [1.54, 1.807) is 5.57 Å². The molecule has 0 bridgehead atoms. The Morgan fingerprint density at radius 3 is 2.50 bits per heavy atom. The largest absolute Gasteiger partial charge is 0.394 e. The summed E-state index contributed by atoms with van der Waals surface area (Å²) in [5.41, 5.74) is 2.72. The summed E-state index contributed by atoms with van der Waals surface area (Å²) < 4.78 is 0. The zero-order valence-corrected chi connectivity index (χ0v) is 20.0. The van der Waals surface area contributed by atoms with Gasteiger partial charge in [0.2, 0.25) is 0 Å². The lowest BCUT2D eigenvalue weighted by Crippen LogP contribution is -2.53. The van der Waals surface area contributed by atoms with Gasteiger partial charge in [-0.2, -0.15) is 0 Å². The van der Waals surface area contributed by atoms with Crippen LogP contribution in [0.2, 0.25) is 0 Å². The minimum Gasteiger partial charge on any atom is -0.394 e. The molecule has 6 atom stereocenters. The van der Waals surface area contributed by atoms with Crippen molar-refractivity contribution in [3.63, 3.8) is 0 Å². The van der Waals surface area contributed by atoms with Crippen LogP contribution in [0.4, 0.5) is 0 Å². The van der Waals surface area contributed by atoms with E-state index in [1.165, 1.54) is 38.5 Å². The molecule has 0 aromatic heterocycles. The van der Waals surface area contributed by atoms with Crippen LogP contribution in [0.25, 0.3) is 0 Å². The summed E-state index contributed by atoms with van der Waals surface area (Å²) in [6, 6.07) is 0. The van der Waals surface area contributed by atoms with Crippen LogP contribution in [-0.4, -0.2) is 47.6 Å². The number of rotatable bonds is 6. The average molecular weight is 417 g/mol. The van der Waals surface area contributed by atoms with Crippen LogP contribution in [0.1, 0.15) is 86.0 Å². The van der Waals surface area contributed by atoms with E-state index < -0.39 is 5.60 Å². The number of likely N-dealkylation sites (N-methyl/N-ethyl adjacent to an activating group) is 1. The molecule has 0 heterocycles. The molecule has 6 unspecified atom stereocenters. The van der Waals surface area contributed by atoms with Crippen LogP contribution >= 0.6 is 0 Å². The van der Waals surface area contributed by atoms with Crippen molar-refractivity contribution in [3.8, 4) is 0 Å². The van der Waals surface area contributed by atoms with E-state index in [1.807, 2.05) is 0 Å². The van der Waals surface area contributed by atoms with Crippen LogP contribution in [0, 0.1) is 28.6 Å². The summed E-state index contributed by atoms with van der Waals surface area (Å²) in [5.74, 6) is 2.25. The first-order chi connectivity index (χ1) is 14.2. The Balaban J connectivity index is 1.44. The quantitative estimate of drug-likeness (QED) is 0.465. The second-order valence-corrected chi connectivity index (χ2v) is 11.2. The summed E-state index contributed by atoms with van der Waals surface area (Å²) in [6.45, 7) is 15.2. The number of hydrogen-bond acceptors (Lipinski definition) is 4. The molecular weight excluding hydrogens is 372 g/mol. The van der Waals surface area contributed by atoms with Gasteiger partial charge < -0.3 is 14.8 Å². The van der Waals surface area contributed by atoms with Crippen molar-refractivity contribution >= 4 is 5.71 Å². The van der Waals surface area contributed by atoms with E-state index in [2.05, 4.69) is 50.8 Å². The van der Waals surface area contributed by atoms with Crippen LogP contribution in [0.3, 0.4) is 0 Å². The van der Waals surface area contributed by atoms with E-state index in [0.717, 1.165) is 50.0 Å². The highest BCUT2D eigenvalue weighted by atomic mass is 16.6. The summed E-state index contributed by atoms with van der Waals surface area (Å²) in [6.07, 6.45) is 11.8. The van der Waals surface area contributed by atoms with Gasteiger partial charge in [-0.1, -0.05) is 38.4 Å². The predicted octanol–water partition coefficient (Wildman–Crippen LogP) is 5.41. The maximum absolute atomic E-state index is 11.1. The molecule has 0 radical (unpaired) electrons. The van der Waals surface area contributed by atoms with Crippen LogP contribution in [0.5, 0.6) is 0 Å². The third kappa shape index (κ3) is 3.56. The lowest BCUT2D eigenvalue weighted by Gasteiger charge is -2.59. The van der Waals surface area contributed by atoms with Crippen molar-refractivity contribution in [3.05, 3.63) is 11.6 Å². The molecule has 4 aliphatic carbocycles. The molecule has 3 saturated carbocycles. The molecular formula is C26H44N2O2. The van der Waals surface area contributed by atoms with E-state index in [4.69, 9.17) is 4.84 Å². The Kier molecular flexibility index (Phi) is 6.13. The van der Waals surface area contributed by atoms with Gasteiger partial charge in [-0.05, 0) is 106 Å². The van der Waals surface area contributed by atoms with Crippen molar-refractivity contribution in [1.82, 2.24) is 4.90 Å². The Labute approximate surface area is 184 Å². The fourth-order valence-corrected chi connectivity index (χ4v) is 7.72. The zero-order chi connectivity index (χ0) is 21.6. The molecule has 0 spiro atoms. The van der Waals surface area contributed by atoms with Gasteiger partial charge >= 0.3 is 0 Å². The highest BCUT2D eigenvalue weighted by molar-refractivity contribution is 5.96. The smallest absolute Gasteiger partial charge is 0.129 e. The number of hydrogen-bond donors (Lipinski definition) is 1. The van der Waals surface area contributed by atoms with E-state index >= 15 is 0 Å². The molecule has 0 amide bonds. The van der Waals surface area contributed by atoms with Crippen molar-refractivity contribution in [2.45, 2.75) is 91.6 Å². The SMILES string of the molecule is CCN(CC)CCON=C1C=C2CCC3C(CCC4(C)C3CCC4(C)O)C2(C)CC1. The molecule has 4 heteroatoms. The van der Waals surface area contributed by atoms with Gasteiger partial charge in [-0.3, -0.25) is 0 Å². The fourth-order valence-electron chi connectivity index (χ4n) is 7.72. The van der Waals surface area contributed by atoms with Gasteiger partial charge in [0.05, 0.1) is 11.3 Å². The standard InChI is InChI=1S/C26H44N2O2/c1-6-28(7-2)16-17-30-27-20-10-13-24(3)19(18-20)8-9-21-22(24)11-14-25(4)23(21)12-15-26(25,5)29/h18,21-23,29H,6-17H2,1-5H3. The number of fused-ring (bicyclic) bond motifs is 5. The van der Waals surface area contributed by atoms with Gasteiger partial charge in [0.15, 0.2) is 0 Å². The molecule has 4 aliphatic rings. The van der Waals surface area contributed by atoms with E-state index in [9.17, 15) is 5.11 Å². The van der Waals surface area contributed by atoms with Crippen LogP contribution in [0.15, 0.2) is 16.8 Å². The highest BCUT2D eigenvalue weighted by Gasteiger charge is 2.62. The van der Waals surface area contributed by atoms with E-state index in [-0.39, 0.29) is 5.41 Å². The van der Waals surface area contributed by atoms with Gasteiger partial charge in [-0.25, -0.2) is 0 Å². The Morgan fingerprint density at radius 2 is 1.77 bits per heavy atom. The lowest BCUT2D eigenvalue weighted by molar-refractivity contribution is -0.117. The first kappa shape index (κ1) is 22.3. The van der Waals surface area contributed by atoms with Gasteiger partial charge in [0, 0.05) is 6.54 Å². The minimum atomic E-state index is -0.478. The molecule has 30 heavy (non-hydrogen) atoms. The van der Waals surface area contributed by atoms with Crippen molar-refractivity contribution < 1.29 is 9.94 Å². The second-order valence-electron chi connectivity index (χ2n) is 11.2. The van der Waals surface area contributed by atoms with Crippen molar-refractivity contribution in [2.24, 2.45) is 33.7 Å². The first-order valence-electron chi connectivity index (χ1n) is 12.6. The minimum absolute atomic E-state index is 0.117. The summed E-state index contributed by atoms with van der Waals surface area (Å²) in [7, 11) is 0. The molecule has 0 aliphatic heterocycles. The van der Waals surface area contributed by atoms with Gasteiger partial charge in [0.25, 0.3) is 0 Å². The number of allylic oxidation sites excluding steroid dienone is 2. The number of aliphatic hydroxyl groups is 1. The molecule has 0 aromatic rings. The number of nitrogens with zero attached hydrogens (tertiary/aromatic N) is 2. The average Bonchev–Trinajstić information content (AvgIpc) is 2.97. The summed E-state index contributed by atoms with van der Waals surface area (Å²) in [4.78, 5) is 8.06. The molecule has 1 N–H and O–H groups in total. The Morgan fingerprint density at radius 1 is 1.03 bits per heavy atom. The van der Waals surface area contributed by atoms with Gasteiger partial charge in [-0.15, -0.1) is 0 Å². The number of oxime groups is 1.